The molecule has 0 atom stereocenters. The summed E-state index contributed by atoms with van der Waals surface area (Å²) in [7, 11) is 1.74. The Morgan fingerprint density at radius 2 is 0.533 bits per heavy atom. The minimum Gasteiger partial charge on any atom is -0.399 e. The number of halogens is 3. The van der Waals surface area contributed by atoms with E-state index in [1.165, 1.54) is 63.7 Å². The molecule has 17 heteroatoms. The van der Waals surface area contributed by atoms with Crippen LogP contribution < -0.4 is 69.1 Å². The summed E-state index contributed by atoms with van der Waals surface area (Å²) in [5.74, 6) is 0. The molecule has 8 nitrogen and oxygen atoms in total. The zero-order chi connectivity index (χ0) is 83.3. The number of pyridine rings is 2. The summed E-state index contributed by atoms with van der Waals surface area (Å²) < 4.78 is 16.8. The minimum absolute atomic E-state index is 0. The molecule has 1 saturated heterocycles. The van der Waals surface area contributed by atoms with Gasteiger partial charge in [-0.3, -0.25) is 0 Å². The summed E-state index contributed by atoms with van der Waals surface area (Å²) in [5.41, 5.74) is 6.31. The van der Waals surface area contributed by atoms with Crippen LogP contribution in [0.2, 0.25) is 10.3 Å². The van der Waals surface area contributed by atoms with E-state index >= 15 is 0 Å². The second-order valence-electron chi connectivity index (χ2n) is 28.7. The van der Waals surface area contributed by atoms with Crippen molar-refractivity contribution in [2.24, 2.45) is 14.1 Å². The topological polar surface area (TPSA) is 79.9 Å². The maximum absolute atomic E-state index is 6.08. The number of aromatic nitrogens is 6. The van der Waals surface area contributed by atoms with Crippen LogP contribution in [0.1, 0.15) is 35.1 Å². The van der Waals surface area contributed by atoms with Crippen LogP contribution in [0, 0.1) is 0 Å². The van der Waals surface area contributed by atoms with Gasteiger partial charge in [-0.15, -0.1) is 0 Å². The third-order valence-electron chi connectivity index (χ3n) is 20.0. The van der Waals surface area contributed by atoms with E-state index in [0.717, 1.165) is 43.1 Å². The van der Waals surface area contributed by atoms with Gasteiger partial charge in [0.2, 0.25) is 0 Å². The zero-order valence-electron chi connectivity index (χ0n) is 68.0. The summed E-state index contributed by atoms with van der Waals surface area (Å²) in [6.07, 6.45) is 6.96. The van der Waals surface area contributed by atoms with Crippen molar-refractivity contribution in [3.63, 3.8) is 0 Å². The molecule has 0 spiro atoms. The maximum atomic E-state index is 6.08. The Hall–Kier alpha value is -10.3. The summed E-state index contributed by atoms with van der Waals surface area (Å²) >= 11 is 15.5. The Bertz CT molecular complexity index is 5220. The predicted octanol–water partition coefficient (Wildman–Crippen LogP) is 22.1. The number of hydrogen-bond acceptors (Lipinski definition) is 6. The van der Waals surface area contributed by atoms with Crippen molar-refractivity contribution < 1.29 is 29.7 Å². The molecule has 5 heterocycles. The third kappa shape index (κ3) is 25.2. The first kappa shape index (κ1) is 92.5. The first-order valence-electron chi connectivity index (χ1n) is 39.5. The molecule has 0 saturated carbocycles. The molecule has 0 amide bonds. The molecule has 122 heavy (non-hydrogen) atoms. The summed E-state index contributed by atoms with van der Waals surface area (Å²) in [5, 5.41) is 17.7. The molecule has 0 unspecified atom stereocenters. The fraction of sp³-hybridized carbons (Fsp3) is 0.0857. The largest absolute Gasteiger partial charge is 0.498 e. The average Bonchev–Trinajstić information content (AvgIpc) is 1.62. The van der Waals surface area contributed by atoms with Crippen molar-refractivity contribution in [1.29, 1.82) is 0 Å². The van der Waals surface area contributed by atoms with E-state index in [0.29, 0.717) is 10.3 Å². The number of fused-ring (bicyclic) bond motifs is 2. The molecule has 1 aliphatic heterocycles. The molecule has 1 fully saturated rings. The fourth-order valence-corrected chi connectivity index (χ4v) is 23.3. The van der Waals surface area contributed by atoms with Crippen molar-refractivity contribution in [2.45, 2.75) is 46.3 Å². The zero-order valence-corrected chi connectivity index (χ0v) is 76.3. The van der Waals surface area contributed by atoms with E-state index in [2.05, 4.69) is 400 Å². The fourth-order valence-electron chi connectivity index (χ4n) is 13.3. The molecule has 4 aromatic heterocycles. The molecule has 19 rings (SSSR count). The molecule has 0 radical (unpaired) electrons. The Labute approximate surface area is 757 Å². The SMILES string of the molecule is C.CC1(C)OB(c2cccnc2Cl)OC1(C)C.Cn1cnc2cc(-c3cccnc3Cl)ccc21.Cn1cnc2cc(Br)ccc21.[Pd].c1ccc(P(c2ccccc2)c2ccccc2)cc1.c1ccc(P(c2ccccc2)c2ccccc2)cc1.c1ccc(P(c2ccccc2)c2ccccc2)cc1.c1ccc(P(c2ccccc2)c2ccccc2)cc1. The van der Waals surface area contributed by atoms with Crippen molar-refractivity contribution in [2.75, 3.05) is 0 Å². The van der Waals surface area contributed by atoms with Crippen molar-refractivity contribution >= 4 is 169 Å². The first-order chi connectivity index (χ1) is 58.7. The van der Waals surface area contributed by atoms with Gasteiger partial charge in [-0.1, -0.05) is 423 Å². The number of rotatable bonds is 14. The normalized spacial score (nSPS) is 12.0. The van der Waals surface area contributed by atoms with Gasteiger partial charge in [-0.2, -0.15) is 0 Å². The number of benzene rings is 14. The molecule has 0 aliphatic carbocycles. The molecule has 612 valence electrons. The van der Waals surface area contributed by atoms with Gasteiger partial charge in [0.15, 0.2) is 0 Å². The molecular weight excluding hydrogens is 1770 g/mol. The molecule has 0 N–H and O–H groups in total. The van der Waals surface area contributed by atoms with Gasteiger partial charge in [-0.05, 0) is 177 Å². The second kappa shape index (κ2) is 46.8. The number of imidazole rings is 2. The summed E-state index contributed by atoms with van der Waals surface area (Å²) in [6.45, 7) is 8.04. The van der Waals surface area contributed by atoms with Gasteiger partial charge in [0, 0.05) is 62.4 Å². The molecule has 18 aromatic rings. The first-order valence-corrected chi connectivity index (χ1v) is 46.4. The molecule has 0 bridgehead atoms. The number of aryl methyl sites for hydroxylation is 2. The van der Waals surface area contributed by atoms with Gasteiger partial charge >= 0.3 is 7.12 Å². The number of hydrogen-bond donors (Lipinski definition) is 0. The molecular formula is C105H96BBrCl2N6O2P4Pd. The summed E-state index contributed by atoms with van der Waals surface area (Å²) in [4.78, 5) is 16.7. The van der Waals surface area contributed by atoms with E-state index in [4.69, 9.17) is 32.5 Å². The molecule has 14 aromatic carbocycles. The van der Waals surface area contributed by atoms with Crippen molar-refractivity contribution in [1.82, 2.24) is 29.1 Å². The maximum Gasteiger partial charge on any atom is 0.498 e. The van der Waals surface area contributed by atoms with Crippen LogP contribution in [-0.2, 0) is 43.8 Å². The molecule has 1 aliphatic rings. The Kier molecular flexibility index (Phi) is 35.5. The van der Waals surface area contributed by atoms with E-state index in [1.54, 1.807) is 18.7 Å². The van der Waals surface area contributed by atoms with E-state index in [-0.39, 0.29) is 39.1 Å². The van der Waals surface area contributed by atoms with Gasteiger partial charge in [0.25, 0.3) is 0 Å². The smallest absolute Gasteiger partial charge is 0.399 e. The standard InChI is InChI=1S/4C18H15P.C13H10ClN3.C11H15BClNO2.C8H7BrN2.CH4.Pd/c4*1-4-10-16(11-5-1)19(17-12-6-2-7-13-17)18-14-8-3-9-15-18;1-17-8-16-11-7-9(4-5-12(11)17)10-3-2-6-15-13(10)14;1-10(2)11(3,4)16-12(15-10)8-6-5-7-14-9(8)13;1-11-5-10-7-4-6(9)2-3-8(7)11;;/h4*1-15H;2-8H,1H3;5-7H,1-4H3;2-5H,1H3;1H4;. The monoisotopic (exact) mass is 1860 g/mol. The van der Waals surface area contributed by atoms with Crippen LogP contribution in [0.3, 0.4) is 0 Å². The van der Waals surface area contributed by atoms with Crippen molar-refractivity contribution in [3.05, 3.63) is 464 Å². The average molecular weight is 1870 g/mol. The Morgan fingerprint density at radius 1 is 0.295 bits per heavy atom. The van der Waals surface area contributed by atoms with Crippen molar-refractivity contribution in [3.8, 4) is 11.1 Å². The van der Waals surface area contributed by atoms with Crippen LogP contribution in [-0.4, -0.2) is 47.4 Å². The van der Waals surface area contributed by atoms with Crippen LogP contribution in [0.15, 0.2) is 454 Å². The van der Waals surface area contributed by atoms with Gasteiger partial charge in [-0.25, -0.2) is 19.9 Å². The quantitative estimate of drug-likeness (QED) is 0.0613. The summed E-state index contributed by atoms with van der Waals surface area (Å²) in [6, 6.07) is 149. The van der Waals surface area contributed by atoms with Gasteiger partial charge < -0.3 is 18.4 Å². The third-order valence-corrected chi connectivity index (χ3v) is 30.8. The van der Waals surface area contributed by atoms with Gasteiger partial charge in [0.05, 0.1) is 45.9 Å². The Morgan fingerprint density at radius 3 is 0.787 bits per heavy atom. The second-order valence-corrected chi connectivity index (χ2v) is 39.2. The van der Waals surface area contributed by atoms with E-state index in [9.17, 15) is 0 Å². The predicted molar refractivity (Wildman–Crippen MR) is 530 cm³/mol. The van der Waals surface area contributed by atoms with Crippen LogP contribution >= 0.6 is 70.8 Å². The van der Waals surface area contributed by atoms with Crippen LogP contribution in [0.5, 0.6) is 0 Å². The van der Waals surface area contributed by atoms with Crippen LogP contribution in [0.25, 0.3) is 33.2 Å². The minimum atomic E-state index is -0.446. The van der Waals surface area contributed by atoms with Crippen LogP contribution in [0.4, 0.5) is 0 Å². The number of nitrogens with zero attached hydrogens (tertiary/aromatic N) is 6. The van der Waals surface area contributed by atoms with E-state index in [1.807, 2.05) is 118 Å². The van der Waals surface area contributed by atoms with E-state index < -0.39 is 38.8 Å². The van der Waals surface area contributed by atoms with Gasteiger partial charge in [0.1, 0.15) is 10.3 Å². The Balaban J connectivity index is 0.000000139.